The molecule has 0 fully saturated rings. The molecule has 0 saturated heterocycles. The van der Waals surface area contributed by atoms with Gasteiger partial charge in [-0.25, -0.2) is 13.1 Å². The summed E-state index contributed by atoms with van der Waals surface area (Å²) in [6, 6.07) is 12.5. The van der Waals surface area contributed by atoms with Crippen molar-refractivity contribution in [2.24, 2.45) is 0 Å². The summed E-state index contributed by atoms with van der Waals surface area (Å²) >= 11 is 0. The Morgan fingerprint density at radius 3 is 2.52 bits per heavy atom. The van der Waals surface area contributed by atoms with Gasteiger partial charge in [0, 0.05) is 6.54 Å². The Kier molecular flexibility index (Phi) is 6.45. The summed E-state index contributed by atoms with van der Waals surface area (Å²) in [4.78, 5) is 0.229. The molecule has 5 nitrogen and oxygen atoms in total. The summed E-state index contributed by atoms with van der Waals surface area (Å²) in [5.41, 5.74) is 1.96. The highest BCUT2D eigenvalue weighted by Crippen LogP contribution is 2.28. The van der Waals surface area contributed by atoms with Crippen LogP contribution in [-0.4, -0.2) is 28.7 Å². The number of hydrogen-bond donors (Lipinski definition) is 1. The van der Waals surface area contributed by atoms with Crippen molar-refractivity contribution in [3.63, 3.8) is 0 Å². The lowest BCUT2D eigenvalue weighted by molar-refractivity contribution is 0.322. The molecule has 0 bridgehead atoms. The molecular formula is C19H25NO4S. The highest BCUT2D eigenvalue weighted by molar-refractivity contribution is 7.89. The van der Waals surface area contributed by atoms with Crippen molar-refractivity contribution in [3.05, 3.63) is 53.6 Å². The van der Waals surface area contributed by atoms with Crippen LogP contribution >= 0.6 is 0 Å². The van der Waals surface area contributed by atoms with E-state index in [0.29, 0.717) is 5.75 Å². The third-order valence-electron chi connectivity index (χ3n) is 3.79. The SMILES string of the molecule is COc1ccc(S(=O)(=O)NCCOc2cccc(C)c2)cc1C(C)C. The van der Waals surface area contributed by atoms with E-state index >= 15 is 0 Å². The molecular weight excluding hydrogens is 338 g/mol. The Labute approximate surface area is 150 Å². The van der Waals surface area contributed by atoms with Crippen LogP contribution < -0.4 is 14.2 Å². The number of ether oxygens (including phenoxy) is 2. The number of rotatable bonds is 8. The zero-order valence-corrected chi connectivity index (χ0v) is 15.9. The first kappa shape index (κ1) is 19.3. The van der Waals surface area contributed by atoms with Gasteiger partial charge in [-0.15, -0.1) is 0 Å². The second-order valence-corrected chi connectivity index (χ2v) is 7.89. The Hall–Kier alpha value is -2.05. The molecule has 2 aromatic rings. The van der Waals surface area contributed by atoms with Gasteiger partial charge in [-0.05, 0) is 54.3 Å². The van der Waals surface area contributed by atoms with Crippen molar-refractivity contribution in [1.82, 2.24) is 4.72 Å². The van der Waals surface area contributed by atoms with E-state index in [1.807, 2.05) is 45.0 Å². The quantitative estimate of drug-likeness (QED) is 0.729. The molecule has 0 saturated carbocycles. The van der Waals surface area contributed by atoms with Gasteiger partial charge in [-0.3, -0.25) is 0 Å². The zero-order valence-electron chi connectivity index (χ0n) is 15.1. The molecule has 0 unspecified atom stereocenters. The summed E-state index contributed by atoms with van der Waals surface area (Å²) in [6.45, 7) is 6.43. The molecule has 0 aliphatic heterocycles. The molecule has 136 valence electrons. The Morgan fingerprint density at radius 2 is 1.88 bits per heavy atom. The Balaban J connectivity index is 2.00. The van der Waals surface area contributed by atoms with E-state index in [1.54, 1.807) is 25.3 Å². The molecule has 0 amide bonds. The predicted octanol–water partition coefficient (Wildman–Crippen LogP) is 3.48. The highest BCUT2D eigenvalue weighted by Gasteiger charge is 2.17. The fourth-order valence-corrected chi connectivity index (χ4v) is 3.51. The van der Waals surface area contributed by atoms with Crippen molar-refractivity contribution < 1.29 is 17.9 Å². The van der Waals surface area contributed by atoms with Gasteiger partial charge in [-0.1, -0.05) is 26.0 Å². The third-order valence-corrected chi connectivity index (χ3v) is 5.24. The van der Waals surface area contributed by atoms with E-state index in [0.717, 1.165) is 16.9 Å². The van der Waals surface area contributed by atoms with Crippen molar-refractivity contribution in [1.29, 1.82) is 0 Å². The molecule has 0 spiro atoms. The lowest BCUT2D eigenvalue weighted by Gasteiger charge is -2.14. The zero-order chi connectivity index (χ0) is 18.4. The topological polar surface area (TPSA) is 64.6 Å². The molecule has 0 aliphatic carbocycles. The monoisotopic (exact) mass is 363 g/mol. The summed E-state index contributed by atoms with van der Waals surface area (Å²) in [5.74, 6) is 1.58. The largest absolute Gasteiger partial charge is 0.496 e. The summed E-state index contributed by atoms with van der Waals surface area (Å²) < 4.78 is 38.4. The van der Waals surface area contributed by atoms with Gasteiger partial charge in [-0.2, -0.15) is 0 Å². The summed E-state index contributed by atoms with van der Waals surface area (Å²) in [7, 11) is -2.01. The van der Waals surface area contributed by atoms with Crippen LogP contribution in [0.15, 0.2) is 47.4 Å². The van der Waals surface area contributed by atoms with Crippen molar-refractivity contribution in [3.8, 4) is 11.5 Å². The van der Waals surface area contributed by atoms with Gasteiger partial charge < -0.3 is 9.47 Å². The van der Waals surface area contributed by atoms with Crippen LogP contribution in [0.1, 0.15) is 30.9 Å². The molecule has 25 heavy (non-hydrogen) atoms. The van der Waals surface area contributed by atoms with Gasteiger partial charge in [0.25, 0.3) is 0 Å². The Bertz CT molecular complexity index is 816. The number of benzene rings is 2. The molecule has 1 N–H and O–H groups in total. The molecule has 2 aromatic carbocycles. The summed E-state index contributed by atoms with van der Waals surface area (Å²) in [5, 5.41) is 0. The van der Waals surface area contributed by atoms with Crippen molar-refractivity contribution >= 4 is 10.0 Å². The Morgan fingerprint density at radius 1 is 1.12 bits per heavy atom. The van der Waals surface area contributed by atoms with Crippen LogP contribution in [0.3, 0.4) is 0 Å². The molecule has 0 aromatic heterocycles. The number of aryl methyl sites for hydroxylation is 1. The number of hydrogen-bond acceptors (Lipinski definition) is 4. The maximum atomic E-state index is 12.5. The van der Waals surface area contributed by atoms with Gasteiger partial charge >= 0.3 is 0 Å². The smallest absolute Gasteiger partial charge is 0.240 e. The van der Waals surface area contributed by atoms with Crippen LogP contribution in [0.25, 0.3) is 0 Å². The number of nitrogens with one attached hydrogen (secondary N) is 1. The maximum Gasteiger partial charge on any atom is 0.240 e. The van der Waals surface area contributed by atoms with Crippen LogP contribution in [0.2, 0.25) is 0 Å². The number of sulfonamides is 1. The summed E-state index contributed by atoms with van der Waals surface area (Å²) in [6.07, 6.45) is 0. The van der Waals surface area contributed by atoms with Crippen LogP contribution in [0, 0.1) is 6.92 Å². The van der Waals surface area contributed by atoms with Crippen molar-refractivity contribution in [2.75, 3.05) is 20.3 Å². The van der Waals surface area contributed by atoms with E-state index in [1.165, 1.54) is 0 Å². The van der Waals surface area contributed by atoms with Crippen LogP contribution in [-0.2, 0) is 10.0 Å². The minimum Gasteiger partial charge on any atom is -0.496 e. The fraction of sp³-hybridized carbons (Fsp3) is 0.368. The molecule has 2 rings (SSSR count). The lowest BCUT2D eigenvalue weighted by atomic mass is 10.0. The number of methoxy groups -OCH3 is 1. The lowest BCUT2D eigenvalue weighted by Crippen LogP contribution is -2.28. The van der Waals surface area contributed by atoms with E-state index in [4.69, 9.17) is 9.47 Å². The average molecular weight is 363 g/mol. The second-order valence-electron chi connectivity index (χ2n) is 6.12. The minimum absolute atomic E-state index is 0.162. The molecule has 0 aliphatic rings. The normalized spacial score (nSPS) is 11.6. The van der Waals surface area contributed by atoms with Gasteiger partial charge in [0.1, 0.15) is 18.1 Å². The molecule has 0 atom stereocenters. The van der Waals surface area contributed by atoms with Gasteiger partial charge in [0.2, 0.25) is 10.0 Å². The average Bonchev–Trinajstić information content (AvgIpc) is 2.58. The fourth-order valence-electron chi connectivity index (χ4n) is 2.46. The first-order valence-corrected chi connectivity index (χ1v) is 9.69. The first-order chi connectivity index (χ1) is 11.8. The first-order valence-electron chi connectivity index (χ1n) is 8.20. The van der Waals surface area contributed by atoms with Crippen molar-refractivity contribution in [2.45, 2.75) is 31.6 Å². The maximum absolute atomic E-state index is 12.5. The molecule has 6 heteroatoms. The highest BCUT2D eigenvalue weighted by atomic mass is 32.2. The van der Waals surface area contributed by atoms with Gasteiger partial charge in [0.05, 0.1) is 12.0 Å². The molecule has 0 heterocycles. The van der Waals surface area contributed by atoms with E-state index in [-0.39, 0.29) is 24.0 Å². The van der Waals surface area contributed by atoms with Crippen LogP contribution in [0.5, 0.6) is 11.5 Å². The van der Waals surface area contributed by atoms with Gasteiger partial charge in [0.15, 0.2) is 0 Å². The third kappa shape index (κ3) is 5.21. The van der Waals surface area contributed by atoms with E-state index < -0.39 is 10.0 Å². The second kappa shape index (κ2) is 8.36. The van der Waals surface area contributed by atoms with Crippen LogP contribution in [0.4, 0.5) is 0 Å². The van der Waals surface area contributed by atoms with E-state index in [2.05, 4.69) is 4.72 Å². The standard InChI is InChI=1S/C19H25NO4S/c1-14(2)18-13-17(8-9-19(18)23-4)25(21,22)20-10-11-24-16-7-5-6-15(3)12-16/h5-9,12-14,20H,10-11H2,1-4H3. The van der Waals surface area contributed by atoms with E-state index in [9.17, 15) is 8.42 Å². The minimum atomic E-state index is -3.59. The molecule has 0 radical (unpaired) electrons. The predicted molar refractivity (Wildman–Crippen MR) is 98.9 cm³/mol.